The van der Waals surface area contributed by atoms with Crippen LogP contribution >= 0.6 is 0 Å². The molecule has 0 aliphatic rings. The maximum atomic E-state index is 4.85. The van der Waals surface area contributed by atoms with E-state index in [9.17, 15) is 0 Å². The first kappa shape index (κ1) is 10.2. The molecular formula is C11H17NO. The van der Waals surface area contributed by atoms with E-state index in [0.717, 1.165) is 6.42 Å². The molecule has 0 fully saturated rings. The Bertz CT molecular complexity index is 243. The third kappa shape index (κ3) is 3.57. The summed E-state index contributed by atoms with van der Waals surface area (Å²) in [5, 5.41) is 0. The van der Waals surface area contributed by atoms with Gasteiger partial charge in [0.25, 0.3) is 0 Å². The van der Waals surface area contributed by atoms with Crippen molar-refractivity contribution in [1.29, 1.82) is 0 Å². The van der Waals surface area contributed by atoms with Gasteiger partial charge in [-0.05, 0) is 25.8 Å². The molecule has 0 aromatic heterocycles. The Balaban J connectivity index is 2.49. The highest BCUT2D eigenvalue weighted by molar-refractivity contribution is 5.21. The summed E-state index contributed by atoms with van der Waals surface area (Å²) in [6.07, 6.45) is 0.994. The Morgan fingerprint density at radius 3 is 2.46 bits per heavy atom. The lowest BCUT2D eigenvalue weighted by Gasteiger charge is -2.11. The summed E-state index contributed by atoms with van der Waals surface area (Å²) in [6, 6.07) is 8.93. The Morgan fingerprint density at radius 1 is 1.31 bits per heavy atom. The first-order chi connectivity index (χ1) is 6.22. The fourth-order valence-electron chi connectivity index (χ4n) is 1.32. The van der Waals surface area contributed by atoms with Crippen LogP contribution in [0.3, 0.4) is 0 Å². The van der Waals surface area contributed by atoms with Crippen molar-refractivity contribution in [1.82, 2.24) is 5.48 Å². The third-order valence-electron chi connectivity index (χ3n) is 1.98. The van der Waals surface area contributed by atoms with Gasteiger partial charge in [0.15, 0.2) is 0 Å². The summed E-state index contributed by atoms with van der Waals surface area (Å²) < 4.78 is 0. The molecule has 1 aromatic carbocycles. The van der Waals surface area contributed by atoms with E-state index >= 15 is 0 Å². The van der Waals surface area contributed by atoms with E-state index in [1.165, 1.54) is 11.1 Å². The molecule has 0 radical (unpaired) electrons. The molecule has 0 bridgehead atoms. The molecule has 0 spiro atoms. The second kappa shape index (κ2) is 5.00. The molecule has 0 heterocycles. The van der Waals surface area contributed by atoms with E-state index in [4.69, 9.17) is 4.84 Å². The Labute approximate surface area is 79.9 Å². The maximum absolute atomic E-state index is 4.85. The number of benzene rings is 1. The van der Waals surface area contributed by atoms with Crippen LogP contribution in [0.25, 0.3) is 0 Å². The van der Waals surface area contributed by atoms with Gasteiger partial charge in [-0.3, -0.25) is 0 Å². The molecule has 13 heavy (non-hydrogen) atoms. The van der Waals surface area contributed by atoms with Crippen molar-refractivity contribution in [2.75, 3.05) is 7.11 Å². The van der Waals surface area contributed by atoms with Gasteiger partial charge >= 0.3 is 0 Å². The molecule has 0 saturated carbocycles. The van der Waals surface area contributed by atoms with Gasteiger partial charge in [-0.2, -0.15) is 5.48 Å². The molecule has 1 N–H and O–H groups in total. The van der Waals surface area contributed by atoms with Crippen molar-refractivity contribution in [2.45, 2.75) is 26.3 Å². The van der Waals surface area contributed by atoms with E-state index in [1.54, 1.807) is 7.11 Å². The molecule has 0 saturated heterocycles. The van der Waals surface area contributed by atoms with Crippen molar-refractivity contribution in [3.63, 3.8) is 0 Å². The van der Waals surface area contributed by atoms with Crippen LogP contribution in [0.4, 0.5) is 0 Å². The molecule has 1 unspecified atom stereocenters. The number of hydrogen-bond acceptors (Lipinski definition) is 2. The van der Waals surface area contributed by atoms with Crippen molar-refractivity contribution in [2.24, 2.45) is 0 Å². The largest absolute Gasteiger partial charge is 0.305 e. The van der Waals surface area contributed by atoms with Gasteiger partial charge < -0.3 is 4.84 Å². The van der Waals surface area contributed by atoms with Gasteiger partial charge in [0.05, 0.1) is 7.11 Å². The van der Waals surface area contributed by atoms with Crippen LogP contribution in [-0.2, 0) is 11.3 Å². The number of hydroxylamine groups is 1. The van der Waals surface area contributed by atoms with Gasteiger partial charge in [0.2, 0.25) is 0 Å². The highest BCUT2D eigenvalue weighted by Gasteiger charge is 2.01. The molecule has 2 nitrogen and oxygen atoms in total. The number of aryl methyl sites for hydroxylation is 1. The molecule has 1 aromatic rings. The molecule has 0 aliphatic carbocycles. The molecule has 1 atom stereocenters. The Hall–Kier alpha value is -0.860. The Morgan fingerprint density at radius 2 is 1.92 bits per heavy atom. The molecule has 1 rings (SSSR count). The van der Waals surface area contributed by atoms with Gasteiger partial charge in [0.1, 0.15) is 0 Å². The first-order valence-corrected chi connectivity index (χ1v) is 4.56. The molecule has 0 amide bonds. The molecular weight excluding hydrogens is 162 g/mol. The van der Waals surface area contributed by atoms with Gasteiger partial charge in [-0.25, -0.2) is 0 Å². The normalized spacial score (nSPS) is 12.8. The van der Waals surface area contributed by atoms with Gasteiger partial charge in [-0.1, -0.05) is 29.8 Å². The van der Waals surface area contributed by atoms with Crippen molar-refractivity contribution >= 4 is 0 Å². The van der Waals surface area contributed by atoms with E-state index in [2.05, 4.69) is 43.6 Å². The van der Waals surface area contributed by atoms with E-state index in [-0.39, 0.29) is 0 Å². The summed E-state index contributed by atoms with van der Waals surface area (Å²) in [4.78, 5) is 4.85. The Kier molecular flexibility index (Phi) is 3.93. The van der Waals surface area contributed by atoms with E-state index in [1.807, 2.05) is 0 Å². The SMILES string of the molecule is CONC(C)Cc1ccc(C)cc1. The second-order valence-electron chi connectivity index (χ2n) is 3.41. The van der Waals surface area contributed by atoms with Crippen molar-refractivity contribution in [3.8, 4) is 0 Å². The fraction of sp³-hybridized carbons (Fsp3) is 0.455. The van der Waals surface area contributed by atoms with Crippen LogP contribution in [0.1, 0.15) is 18.1 Å². The summed E-state index contributed by atoms with van der Waals surface area (Å²) in [5.74, 6) is 0. The maximum Gasteiger partial charge on any atom is 0.0572 e. The monoisotopic (exact) mass is 179 g/mol. The third-order valence-corrected chi connectivity index (χ3v) is 1.98. The van der Waals surface area contributed by atoms with Crippen LogP contribution in [0.2, 0.25) is 0 Å². The summed E-state index contributed by atoms with van der Waals surface area (Å²) in [7, 11) is 1.64. The summed E-state index contributed by atoms with van der Waals surface area (Å²) >= 11 is 0. The number of nitrogens with one attached hydrogen (secondary N) is 1. The first-order valence-electron chi connectivity index (χ1n) is 4.56. The van der Waals surface area contributed by atoms with E-state index < -0.39 is 0 Å². The molecule has 0 aliphatic heterocycles. The lowest BCUT2D eigenvalue weighted by atomic mass is 10.1. The van der Waals surface area contributed by atoms with Gasteiger partial charge in [-0.15, -0.1) is 0 Å². The fourth-order valence-corrected chi connectivity index (χ4v) is 1.32. The quantitative estimate of drug-likeness (QED) is 0.714. The lowest BCUT2D eigenvalue weighted by molar-refractivity contribution is 0.0661. The predicted octanol–water partition coefficient (Wildman–Crippen LogP) is 2.08. The van der Waals surface area contributed by atoms with Crippen molar-refractivity contribution in [3.05, 3.63) is 35.4 Å². The number of rotatable bonds is 4. The second-order valence-corrected chi connectivity index (χ2v) is 3.41. The highest BCUT2D eigenvalue weighted by atomic mass is 16.6. The zero-order chi connectivity index (χ0) is 9.68. The zero-order valence-electron chi connectivity index (χ0n) is 8.50. The van der Waals surface area contributed by atoms with E-state index in [0.29, 0.717) is 6.04 Å². The minimum atomic E-state index is 0.354. The van der Waals surface area contributed by atoms with Crippen molar-refractivity contribution < 1.29 is 4.84 Å². The highest BCUT2D eigenvalue weighted by Crippen LogP contribution is 2.05. The topological polar surface area (TPSA) is 21.3 Å². The minimum Gasteiger partial charge on any atom is -0.305 e. The zero-order valence-corrected chi connectivity index (χ0v) is 8.50. The van der Waals surface area contributed by atoms with Crippen LogP contribution in [0, 0.1) is 6.92 Å². The van der Waals surface area contributed by atoms with Crippen LogP contribution in [0.15, 0.2) is 24.3 Å². The average molecular weight is 179 g/mol. The van der Waals surface area contributed by atoms with Crippen LogP contribution in [-0.4, -0.2) is 13.2 Å². The summed E-state index contributed by atoms with van der Waals surface area (Å²) in [5.41, 5.74) is 5.55. The molecule has 72 valence electrons. The van der Waals surface area contributed by atoms with Crippen LogP contribution in [0.5, 0.6) is 0 Å². The minimum absolute atomic E-state index is 0.354. The van der Waals surface area contributed by atoms with Crippen LogP contribution < -0.4 is 5.48 Å². The van der Waals surface area contributed by atoms with Gasteiger partial charge in [0, 0.05) is 6.04 Å². The smallest absolute Gasteiger partial charge is 0.0572 e. The predicted molar refractivity (Wildman–Crippen MR) is 54.5 cm³/mol. The number of hydrogen-bond donors (Lipinski definition) is 1. The molecule has 2 heteroatoms. The summed E-state index contributed by atoms with van der Waals surface area (Å²) in [6.45, 7) is 4.20. The lowest BCUT2D eigenvalue weighted by Crippen LogP contribution is -2.26. The standard InChI is InChI=1S/C11H17NO/c1-9-4-6-11(7-5-9)8-10(2)12-13-3/h4-7,10,12H,8H2,1-3H3. The average Bonchev–Trinajstić information content (AvgIpc) is 2.09.